The van der Waals surface area contributed by atoms with Crippen LogP contribution in [-0.4, -0.2) is 17.4 Å². The molecule has 0 N–H and O–H groups in total. The molecule has 15 heavy (non-hydrogen) atoms. The van der Waals surface area contributed by atoms with Gasteiger partial charge in [-0.2, -0.15) is 0 Å². The highest BCUT2D eigenvalue weighted by atomic mass is 16.5. The SMILES string of the molecule is Cc1cncc(C(=O)C2=CCCCO2)c1. The van der Waals surface area contributed by atoms with Gasteiger partial charge >= 0.3 is 0 Å². The third-order valence-electron chi connectivity index (χ3n) is 2.30. The number of hydrogen-bond acceptors (Lipinski definition) is 3. The van der Waals surface area contributed by atoms with Crippen LogP contribution in [0.5, 0.6) is 0 Å². The van der Waals surface area contributed by atoms with E-state index in [1.807, 2.05) is 19.1 Å². The van der Waals surface area contributed by atoms with E-state index >= 15 is 0 Å². The van der Waals surface area contributed by atoms with Gasteiger partial charge in [0.15, 0.2) is 5.76 Å². The van der Waals surface area contributed by atoms with Crippen LogP contribution in [0.1, 0.15) is 28.8 Å². The Hall–Kier alpha value is -1.64. The Morgan fingerprint density at radius 1 is 1.47 bits per heavy atom. The van der Waals surface area contributed by atoms with Crippen molar-refractivity contribution < 1.29 is 9.53 Å². The van der Waals surface area contributed by atoms with E-state index in [1.165, 1.54) is 0 Å². The number of carbonyl (C=O) groups is 1. The molecule has 0 bridgehead atoms. The Kier molecular flexibility index (Phi) is 2.81. The number of Topliss-reactive ketones (excluding diaryl/α,β-unsaturated/α-hetero) is 1. The van der Waals surface area contributed by atoms with Gasteiger partial charge in [0.1, 0.15) is 0 Å². The molecule has 3 heteroatoms. The summed E-state index contributed by atoms with van der Waals surface area (Å²) < 4.78 is 5.32. The second-order valence-corrected chi connectivity index (χ2v) is 3.64. The summed E-state index contributed by atoms with van der Waals surface area (Å²) >= 11 is 0. The maximum Gasteiger partial charge on any atom is 0.228 e. The second-order valence-electron chi connectivity index (χ2n) is 3.64. The van der Waals surface area contributed by atoms with Crippen LogP contribution in [0.2, 0.25) is 0 Å². The smallest absolute Gasteiger partial charge is 0.228 e. The van der Waals surface area contributed by atoms with Crippen molar-refractivity contribution in [3.05, 3.63) is 41.4 Å². The zero-order valence-electron chi connectivity index (χ0n) is 8.69. The number of nitrogens with zero attached hydrogens (tertiary/aromatic N) is 1. The Morgan fingerprint density at radius 3 is 3.00 bits per heavy atom. The van der Waals surface area contributed by atoms with Crippen molar-refractivity contribution in [3.63, 3.8) is 0 Å². The first-order chi connectivity index (χ1) is 7.27. The number of carbonyl (C=O) groups excluding carboxylic acids is 1. The molecular weight excluding hydrogens is 190 g/mol. The molecule has 0 saturated heterocycles. The van der Waals surface area contributed by atoms with Crippen molar-refractivity contribution >= 4 is 5.78 Å². The second kappa shape index (κ2) is 4.26. The number of pyridine rings is 1. The number of allylic oxidation sites excluding steroid dienone is 2. The summed E-state index contributed by atoms with van der Waals surface area (Å²) in [6.07, 6.45) is 7.07. The molecule has 2 heterocycles. The molecule has 0 radical (unpaired) electrons. The lowest BCUT2D eigenvalue weighted by Gasteiger charge is -2.13. The molecule has 0 atom stereocenters. The molecule has 1 aromatic rings. The first-order valence-corrected chi connectivity index (χ1v) is 5.06. The normalized spacial score (nSPS) is 15.4. The predicted molar refractivity (Wildman–Crippen MR) is 56.6 cm³/mol. The van der Waals surface area contributed by atoms with Crippen molar-refractivity contribution in [1.29, 1.82) is 0 Å². The zero-order valence-corrected chi connectivity index (χ0v) is 8.69. The van der Waals surface area contributed by atoms with Gasteiger partial charge in [-0.3, -0.25) is 9.78 Å². The van der Waals surface area contributed by atoms with Crippen LogP contribution in [0.3, 0.4) is 0 Å². The van der Waals surface area contributed by atoms with Crippen LogP contribution in [0.25, 0.3) is 0 Å². The molecule has 0 fully saturated rings. The average molecular weight is 203 g/mol. The molecule has 0 unspecified atom stereocenters. The minimum Gasteiger partial charge on any atom is -0.490 e. The molecule has 0 aromatic carbocycles. The zero-order chi connectivity index (χ0) is 10.7. The van der Waals surface area contributed by atoms with Crippen molar-refractivity contribution in [2.75, 3.05) is 6.61 Å². The molecule has 0 spiro atoms. The van der Waals surface area contributed by atoms with Crippen LogP contribution in [0.15, 0.2) is 30.3 Å². The summed E-state index contributed by atoms with van der Waals surface area (Å²) in [5, 5.41) is 0. The molecule has 0 amide bonds. The third kappa shape index (κ3) is 2.24. The fourth-order valence-corrected chi connectivity index (χ4v) is 1.54. The summed E-state index contributed by atoms with van der Waals surface area (Å²) in [6, 6.07) is 1.83. The fourth-order valence-electron chi connectivity index (χ4n) is 1.54. The molecule has 0 aliphatic carbocycles. The van der Waals surface area contributed by atoms with Crippen LogP contribution in [0.4, 0.5) is 0 Å². The van der Waals surface area contributed by atoms with Crippen molar-refractivity contribution in [1.82, 2.24) is 4.98 Å². The van der Waals surface area contributed by atoms with E-state index in [0.717, 1.165) is 18.4 Å². The number of rotatable bonds is 2. The van der Waals surface area contributed by atoms with Gasteiger partial charge in [0.2, 0.25) is 5.78 Å². The molecule has 0 saturated carbocycles. The topological polar surface area (TPSA) is 39.2 Å². The van der Waals surface area contributed by atoms with E-state index < -0.39 is 0 Å². The van der Waals surface area contributed by atoms with E-state index in [9.17, 15) is 4.79 Å². The molecular formula is C12H13NO2. The molecule has 1 aliphatic rings. The first-order valence-electron chi connectivity index (χ1n) is 5.06. The summed E-state index contributed by atoms with van der Waals surface area (Å²) in [5.74, 6) is 0.402. The Morgan fingerprint density at radius 2 is 2.33 bits per heavy atom. The number of hydrogen-bond donors (Lipinski definition) is 0. The quantitative estimate of drug-likeness (QED) is 0.692. The van der Waals surface area contributed by atoms with E-state index in [0.29, 0.717) is 17.9 Å². The molecule has 2 rings (SSSR count). The van der Waals surface area contributed by atoms with Crippen LogP contribution in [0, 0.1) is 6.92 Å². The number of aromatic nitrogens is 1. The van der Waals surface area contributed by atoms with E-state index in [4.69, 9.17) is 4.74 Å². The average Bonchev–Trinajstić information content (AvgIpc) is 2.29. The maximum atomic E-state index is 11.9. The molecule has 3 nitrogen and oxygen atoms in total. The molecule has 78 valence electrons. The summed E-state index contributed by atoms with van der Waals surface area (Å²) in [4.78, 5) is 15.9. The van der Waals surface area contributed by atoms with Crippen LogP contribution < -0.4 is 0 Å². The number of aryl methyl sites for hydroxylation is 1. The maximum absolute atomic E-state index is 11.9. The molecule has 1 aliphatic heterocycles. The Labute approximate surface area is 88.8 Å². The standard InChI is InChI=1S/C12H13NO2/c1-9-6-10(8-13-7-9)12(14)11-4-2-3-5-15-11/h4,6-8H,2-3,5H2,1H3. The summed E-state index contributed by atoms with van der Waals surface area (Å²) in [6.45, 7) is 2.55. The fraction of sp³-hybridized carbons (Fsp3) is 0.333. The minimum absolute atomic E-state index is 0.0640. The van der Waals surface area contributed by atoms with Gasteiger partial charge in [0.05, 0.1) is 6.61 Å². The van der Waals surface area contributed by atoms with Gasteiger partial charge in [-0.1, -0.05) is 0 Å². The van der Waals surface area contributed by atoms with Gasteiger partial charge in [0, 0.05) is 18.0 Å². The third-order valence-corrected chi connectivity index (χ3v) is 2.30. The van der Waals surface area contributed by atoms with Crippen molar-refractivity contribution in [2.45, 2.75) is 19.8 Å². The van der Waals surface area contributed by atoms with E-state index in [1.54, 1.807) is 12.4 Å². The van der Waals surface area contributed by atoms with Gasteiger partial charge in [0.25, 0.3) is 0 Å². The van der Waals surface area contributed by atoms with Gasteiger partial charge in [-0.25, -0.2) is 0 Å². The van der Waals surface area contributed by atoms with Crippen LogP contribution in [-0.2, 0) is 4.74 Å². The first kappa shape index (κ1) is 9.90. The summed E-state index contributed by atoms with van der Waals surface area (Å²) in [5.41, 5.74) is 1.58. The lowest BCUT2D eigenvalue weighted by atomic mass is 10.1. The van der Waals surface area contributed by atoms with Gasteiger partial charge < -0.3 is 4.74 Å². The van der Waals surface area contributed by atoms with Crippen molar-refractivity contribution in [2.24, 2.45) is 0 Å². The summed E-state index contributed by atoms with van der Waals surface area (Å²) in [7, 11) is 0. The lowest BCUT2D eigenvalue weighted by molar-refractivity contribution is 0.0898. The Bertz CT molecular complexity index is 410. The molecule has 1 aromatic heterocycles. The van der Waals surface area contributed by atoms with Crippen LogP contribution >= 0.6 is 0 Å². The highest BCUT2D eigenvalue weighted by Crippen LogP contribution is 2.15. The highest BCUT2D eigenvalue weighted by Gasteiger charge is 2.16. The highest BCUT2D eigenvalue weighted by molar-refractivity contribution is 6.07. The van der Waals surface area contributed by atoms with E-state index in [-0.39, 0.29) is 5.78 Å². The number of ether oxygens (including phenoxy) is 1. The number of ketones is 1. The predicted octanol–water partition coefficient (Wildman–Crippen LogP) is 2.27. The van der Waals surface area contributed by atoms with Gasteiger partial charge in [-0.15, -0.1) is 0 Å². The van der Waals surface area contributed by atoms with E-state index in [2.05, 4.69) is 4.98 Å². The van der Waals surface area contributed by atoms with Crippen molar-refractivity contribution in [3.8, 4) is 0 Å². The van der Waals surface area contributed by atoms with Gasteiger partial charge in [-0.05, 0) is 37.5 Å². The largest absolute Gasteiger partial charge is 0.490 e. The lowest BCUT2D eigenvalue weighted by Crippen LogP contribution is -2.11. The Balaban J connectivity index is 2.24. The monoisotopic (exact) mass is 203 g/mol. The minimum atomic E-state index is -0.0640.